The zero-order chi connectivity index (χ0) is 21.8. The molecule has 0 N–H and O–H groups in total. The van der Waals surface area contributed by atoms with Crippen LogP contribution < -0.4 is 4.74 Å². The van der Waals surface area contributed by atoms with E-state index in [2.05, 4.69) is 4.98 Å². The maximum absolute atomic E-state index is 12.8. The molecule has 0 radical (unpaired) electrons. The predicted octanol–water partition coefficient (Wildman–Crippen LogP) is 3.31. The van der Waals surface area contributed by atoms with Gasteiger partial charge < -0.3 is 14.2 Å². The molecule has 1 saturated carbocycles. The van der Waals surface area contributed by atoms with Gasteiger partial charge in [-0.1, -0.05) is 19.9 Å². The van der Waals surface area contributed by atoms with Crippen molar-refractivity contribution in [2.45, 2.75) is 38.7 Å². The molecule has 0 spiro atoms. The summed E-state index contributed by atoms with van der Waals surface area (Å²) in [5, 5.41) is 4.72. The molecule has 5 rings (SSSR count). The van der Waals surface area contributed by atoms with Gasteiger partial charge in [-0.3, -0.25) is 4.79 Å². The maximum atomic E-state index is 12.8. The Balaban J connectivity index is 1.59. The van der Waals surface area contributed by atoms with E-state index in [0.29, 0.717) is 42.2 Å². The quantitative estimate of drug-likeness (QED) is 0.564. The number of aromatic nitrogens is 3. The van der Waals surface area contributed by atoms with Crippen LogP contribution in [0.5, 0.6) is 5.75 Å². The van der Waals surface area contributed by atoms with E-state index in [1.807, 2.05) is 38.1 Å². The number of benzene rings is 1. The highest BCUT2D eigenvalue weighted by Crippen LogP contribution is 2.48. The summed E-state index contributed by atoms with van der Waals surface area (Å²) in [4.78, 5) is 29.3. The Morgan fingerprint density at radius 2 is 2.06 bits per heavy atom. The molecule has 0 atom stereocenters. The smallest absolute Gasteiger partial charge is 0.338 e. The number of hydrogen-bond donors (Lipinski definition) is 0. The number of pyridine rings is 1. The second-order valence-electron chi connectivity index (χ2n) is 8.48. The van der Waals surface area contributed by atoms with Gasteiger partial charge in [0.05, 0.1) is 25.0 Å². The molecule has 2 aromatic heterocycles. The Hall–Kier alpha value is -3.42. The number of nitrogens with zero attached hydrogens (tertiary/aromatic N) is 3. The summed E-state index contributed by atoms with van der Waals surface area (Å²) in [6.07, 6.45) is 1.33. The third-order valence-electron chi connectivity index (χ3n) is 5.76. The lowest BCUT2D eigenvalue weighted by molar-refractivity contribution is -0.148. The number of esters is 2. The van der Waals surface area contributed by atoms with Gasteiger partial charge in [0, 0.05) is 11.1 Å². The van der Waals surface area contributed by atoms with Gasteiger partial charge in [-0.2, -0.15) is 0 Å². The lowest BCUT2D eigenvalue weighted by atomic mass is 10.0. The fourth-order valence-corrected chi connectivity index (χ4v) is 3.84. The van der Waals surface area contributed by atoms with Gasteiger partial charge in [0.25, 0.3) is 0 Å². The van der Waals surface area contributed by atoms with Crippen LogP contribution in [0.2, 0.25) is 0 Å². The highest BCUT2D eigenvalue weighted by Gasteiger charge is 2.56. The summed E-state index contributed by atoms with van der Waals surface area (Å²) in [6, 6.07) is 9.26. The number of cyclic esters (lactones) is 1. The molecule has 8 nitrogen and oxygen atoms in total. The second kappa shape index (κ2) is 7.08. The van der Waals surface area contributed by atoms with Gasteiger partial charge in [-0.25, -0.2) is 14.3 Å². The van der Waals surface area contributed by atoms with Crippen LogP contribution in [0.3, 0.4) is 0 Å². The predicted molar refractivity (Wildman–Crippen MR) is 111 cm³/mol. The first kappa shape index (κ1) is 19.5. The largest absolute Gasteiger partial charge is 0.493 e. The molecule has 160 valence electrons. The van der Waals surface area contributed by atoms with E-state index in [-0.39, 0.29) is 24.5 Å². The number of methoxy groups -OCH3 is 1. The molecule has 3 heterocycles. The highest BCUT2D eigenvalue weighted by molar-refractivity contribution is 5.94. The minimum Gasteiger partial charge on any atom is -0.493 e. The van der Waals surface area contributed by atoms with Crippen LogP contribution in [-0.4, -0.2) is 40.3 Å². The van der Waals surface area contributed by atoms with E-state index >= 15 is 0 Å². The Kier molecular flexibility index (Phi) is 4.46. The fraction of sp³-hybridized carbons (Fsp3) is 0.391. The van der Waals surface area contributed by atoms with E-state index in [0.717, 1.165) is 16.8 Å². The Morgan fingerprint density at radius 3 is 2.77 bits per heavy atom. The third-order valence-corrected chi connectivity index (χ3v) is 5.76. The van der Waals surface area contributed by atoms with E-state index in [1.165, 1.54) is 0 Å². The van der Waals surface area contributed by atoms with Crippen molar-refractivity contribution >= 4 is 17.6 Å². The lowest BCUT2D eigenvalue weighted by Crippen LogP contribution is -2.26. The van der Waals surface area contributed by atoms with Gasteiger partial charge in [-0.15, -0.1) is 5.10 Å². The molecular weight excluding hydrogens is 398 g/mol. The molecule has 31 heavy (non-hydrogen) atoms. The molecule has 2 aliphatic rings. The van der Waals surface area contributed by atoms with Crippen LogP contribution in [0.15, 0.2) is 30.3 Å². The number of fused-ring (bicyclic) bond motifs is 2. The summed E-state index contributed by atoms with van der Waals surface area (Å²) >= 11 is 0. The molecule has 0 saturated heterocycles. The van der Waals surface area contributed by atoms with E-state index in [9.17, 15) is 9.59 Å². The molecule has 8 heteroatoms. The van der Waals surface area contributed by atoms with Gasteiger partial charge in [0.2, 0.25) is 0 Å². The van der Waals surface area contributed by atoms with Crippen molar-refractivity contribution in [2.24, 2.45) is 5.92 Å². The topological polar surface area (TPSA) is 92.0 Å². The molecule has 0 bridgehead atoms. The average Bonchev–Trinajstić information content (AvgIpc) is 3.32. The normalized spacial score (nSPS) is 16.3. The van der Waals surface area contributed by atoms with Crippen molar-refractivity contribution < 1.29 is 23.8 Å². The fourth-order valence-electron chi connectivity index (χ4n) is 3.84. The van der Waals surface area contributed by atoms with Crippen LogP contribution in [0.1, 0.15) is 48.4 Å². The summed E-state index contributed by atoms with van der Waals surface area (Å²) in [6.45, 7) is 4.64. The van der Waals surface area contributed by atoms with E-state index in [4.69, 9.17) is 19.3 Å². The molecule has 1 aromatic carbocycles. The van der Waals surface area contributed by atoms with Crippen molar-refractivity contribution in [1.29, 1.82) is 0 Å². The highest BCUT2D eigenvalue weighted by atomic mass is 16.5. The Morgan fingerprint density at radius 1 is 1.26 bits per heavy atom. The molecule has 0 amide bonds. The SMILES string of the molecule is COc1ccc(-c2ccc3c(c2)COC3=O)n2nc(C3(C(=O)OCC(C)C)CC3)nc12. The Bertz CT molecular complexity index is 1210. The minimum atomic E-state index is -0.790. The number of hydrogen-bond acceptors (Lipinski definition) is 7. The summed E-state index contributed by atoms with van der Waals surface area (Å²) < 4.78 is 17.8. The molecule has 1 fully saturated rings. The lowest BCUT2D eigenvalue weighted by Gasteiger charge is -2.12. The van der Waals surface area contributed by atoms with Gasteiger partial charge in [0.1, 0.15) is 12.0 Å². The van der Waals surface area contributed by atoms with Crippen molar-refractivity contribution in [3.05, 3.63) is 47.3 Å². The van der Waals surface area contributed by atoms with Crippen LogP contribution in [0, 0.1) is 5.92 Å². The van der Waals surface area contributed by atoms with Crippen LogP contribution in [-0.2, 0) is 26.3 Å². The average molecular weight is 421 g/mol. The van der Waals surface area contributed by atoms with E-state index in [1.54, 1.807) is 17.7 Å². The van der Waals surface area contributed by atoms with Crippen molar-refractivity contribution in [1.82, 2.24) is 14.6 Å². The van der Waals surface area contributed by atoms with Gasteiger partial charge >= 0.3 is 11.9 Å². The molecule has 3 aromatic rings. The number of carbonyl (C=O) groups is 2. The number of rotatable bonds is 6. The standard InChI is InChI=1S/C23H23N3O5/c1-13(2)11-31-22(28)23(8-9-23)21-24-19-18(29-3)7-6-17(26(19)25-21)14-4-5-16-15(10-14)12-30-20(16)27/h4-7,10,13H,8-9,11-12H2,1-3H3. The molecule has 0 unspecified atom stereocenters. The zero-order valence-corrected chi connectivity index (χ0v) is 17.7. The van der Waals surface area contributed by atoms with Crippen LogP contribution in [0.4, 0.5) is 0 Å². The molecular formula is C23H23N3O5. The number of ether oxygens (including phenoxy) is 3. The Labute approximate surface area is 179 Å². The summed E-state index contributed by atoms with van der Waals surface area (Å²) in [7, 11) is 1.57. The van der Waals surface area contributed by atoms with Crippen molar-refractivity contribution in [3.8, 4) is 17.0 Å². The van der Waals surface area contributed by atoms with Gasteiger partial charge in [0.15, 0.2) is 17.2 Å². The van der Waals surface area contributed by atoms with Crippen LogP contribution >= 0.6 is 0 Å². The molecule has 1 aliphatic heterocycles. The summed E-state index contributed by atoms with van der Waals surface area (Å²) in [5.41, 5.74) is 2.81. The third kappa shape index (κ3) is 3.13. The van der Waals surface area contributed by atoms with Gasteiger partial charge in [-0.05, 0) is 43.0 Å². The monoisotopic (exact) mass is 421 g/mol. The maximum Gasteiger partial charge on any atom is 0.338 e. The van der Waals surface area contributed by atoms with E-state index < -0.39 is 5.41 Å². The first-order chi connectivity index (χ1) is 14.9. The minimum absolute atomic E-state index is 0.259. The van der Waals surface area contributed by atoms with Crippen molar-refractivity contribution in [2.75, 3.05) is 13.7 Å². The summed E-state index contributed by atoms with van der Waals surface area (Å²) in [5.74, 6) is 0.696. The second-order valence-corrected chi connectivity index (χ2v) is 8.48. The number of carbonyl (C=O) groups excluding carboxylic acids is 2. The first-order valence-electron chi connectivity index (χ1n) is 10.3. The molecule has 1 aliphatic carbocycles. The van der Waals surface area contributed by atoms with Crippen LogP contribution in [0.25, 0.3) is 16.9 Å². The zero-order valence-electron chi connectivity index (χ0n) is 17.7. The van der Waals surface area contributed by atoms with Crippen molar-refractivity contribution in [3.63, 3.8) is 0 Å². The first-order valence-corrected chi connectivity index (χ1v) is 10.3.